The highest BCUT2D eigenvalue weighted by Gasteiger charge is 2.27. The van der Waals surface area contributed by atoms with Gasteiger partial charge >= 0.3 is 0 Å². The maximum absolute atomic E-state index is 13.0. The van der Waals surface area contributed by atoms with Gasteiger partial charge in [-0.25, -0.2) is 9.67 Å². The topological polar surface area (TPSA) is 71.3 Å². The van der Waals surface area contributed by atoms with Crippen molar-refractivity contribution in [2.45, 2.75) is 13.8 Å². The first kappa shape index (κ1) is 18.4. The first-order valence-electron chi connectivity index (χ1n) is 9.11. The molecule has 144 valence electrons. The number of para-hydroxylation sites is 1. The number of halogens is 1. The Labute approximate surface area is 167 Å². The molecular formula is C20H20ClN5O2. The molecule has 0 aliphatic carbocycles. The lowest BCUT2D eigenvalue weighted by Crippen LogP contribution is -2.50. The van der Waals surface area contributed by atoms with Crippen molar-refractivity contribution in [3.05, 3.63) is 52.8 Å². The Balaban J connectivity index is 1.68. The van der Waals surface area contributed by atoms with E-state index >= 15 is 0 Å². The van der Waals surface area contributed by atoms with Gasteiger partial charge in [0.25, 0.3) is 5.91 Å². The first-order valence-corrected chi connectivity index (χ1v) is 9.49. The van der Waals surface area contributed by atoms with Crippen molar-refractivity contribution in [1.82, 2.24) is 24.6 Å². The zero-order chi connectivity index (χ0) is 19.8. The Morgan fingerprint density at radius 1 is 1.04 bits per heavy atom. The van der Waals surface area contributed by atoms with E-state index in [9.17, 15) is 9.59 Å². The predicted octanol–water partition coefficient (Wildman–Crippen LogP) is 2.69. The molecule has 2 aromatic heterocycles. The summed E-state index contributed by atoms with van der Waals surface area (Å²) in [5, 5.41) is 5.61. The molecule has 0 saturated carbocycles. The molecular weight excluding hydrogens is 378 g/mol. The molecule has 1 saturated heterocycles. The van der Waals surface area contributed by atoms with Gasteiger partial charge in [-0.3, -0.25) is 9.59 Å². The largest absolute Gasteiger partial charge is 0.339 e. The molecule has 3 aromatic rings. The molecule has 0 N–H and O–H groups in total. The molecule has 0 spiro atoms. The van der Waals surface area contributed by atoms with E-state index in [0.717, 1.165) is 5.69 Å². The number of fused-ring (bicyclic) bond motifs is 1. The van der Waals surface area contributed by atoms with Crippen LogP contribution < -0.4 is 0 Å². The van der Waals surface area contributed by atoms with E-state index in [1.807, 2.05) is 37.3 Å². The summed E-state index contributed by atoms with van der Waals surface area (Å²) >= 11 is 6.64. The molecule has 4 rings (SSSR count). The number of hydrogen-bond donors (Lipinski definition) is 0. The molecule has 0 radical (unpaired) electrons. The third kappa shape index (κ3) is 3.11. The van der Waals surface area contributed by atoms with Gasteiger partial charge in [0.2, 0.25) is 5.91 Å². The molecule has 1 aliphatic heterocycles. The molecule has 1 aliphatic rings. The van der Waals surface area contributed by atoms with Crippen molar-refractivity contribution in [3.63, 3.8) is 0 Å². The van der Waals surface area contributed by atoms with Gasteiger partial charge in [0.1, 0.15) is 0 Å². The molecule has 8 heteroatoms. The normalized spacial score (nSPS) is 14.5. The molecule has 28 heavy (non-hydrogen) atoms. The van der Waals surface area contributed by atoms with Gasteiger partial charge in [0.05, 0.1) is 27.4 Å². The maximum Gasteiger partial charge on any atom is 0.257 e. The van der Waals surface area contributed by atoms with Crippen molar-refractivity contribution in [1.29, 1.82) is 0 Å². The summed E-state index contributed by atoms with van der Waals surface area (Å²) in [4.78, 5) is 32.4. The smallest absolute Gasteiger partial charge is 0.257 e. The average Bonchev–Trinajstić information content (AvgIpc) is 3.06. The van der Waals surface area contributed by atoms with Crippen LogP contribution in [0, 0.1) is 6.92 Å². The lowest BCUT2D eigenvalue weighted by Gasteiger charge is -2.34. The number of amides is 2. The molecule has 1 aromatic carbocycles. The zero-order valence-electron chi connectivity index (χ0n) is 15.7. The van der Waals surface area contributed by atoms with Gasteiger partial charge in [0, 0.05) is 39.3 Å². The van der Waals surface area contributed by atoms with Crippen molar-refractivity contribution in [3.8, 4) is 5.69 Å². The molecule has 0 atom stereocenters. The highest BCUT2D eigenvalue weighted by atomic mass is 35.5. The quantitative estimate of drug-likeness (QED) is 0.666. The van der Waals surface area contributed by atoms with Gasteiger partial charge in [-0.15, -0.1) is 0 Å². The third-order valence-corrected chi connectivity index (χ3v) is 5.44. The van der Waals surface area contributed by atoms with Gasteiger partial charge in [0.15, 0.2) is 5.65 Å². The van der Waals surface area contributed by atoms with E-state index in [1.54, 1.807) is 21.4 Å². The minimum atomic E-state index is -0.172. The summed E-state index contributed by atoms with van der Waals surface area (Å²) in [6.45, 7) is 5.41. The number of hydrogen-bond acceptors (Lipinski definition) is 4. The number of pyridine rings is 1. The van der Waals surface area contributed by atoms with E-state index in [0.29, 0.717) is 53.5 Å². The van der Waals surface area contributed by atoms with E-state index in [-0.39, 0.29) is 11.8 Å². The number of piperazine rings is 1. The second-order valence-electron chi connectivity index (χ2n) is 6.82. The lowest BCUT2D eigenvalue weighted by atomic mass is 10.1. The highest BCUT2D eigenvalue weighted by molar-refractivity contribution is 6.38. The van der Waals surface area contributed by atoms with Crippen LogP contribution in [-0.2, 0) is 4.79 Å². The lowest BCUT2D eigenvalue weighted by molar-refractivity contribution is -0.130. The van der Waals surface area contributed by atoms with Gasteiger partial charge in [-0.1, -0.05) is 29.8 Å². The average molecular weight is 398 g/mol. The van der Waals surface area contributed by atoms with Crippen LogP contribution in [-0.4, -0.2) is 62.6 Å². The second-order valence-corrected chi connectivity index (χ2v) is 7.19. The van der Waals surface area contributed by atoms with Gasteiger partial charge in [-0.05, 0) is 19.1 Å². The van der Waals surface area contributed by atoms with Crippen LogP contribution in [0.15, 0.2) is 36.5 Å². The number of aryl methyl sites for hydroxylation is 1. The number of carbonyl (C=O) groups excluding carboxylic acids is 2. The maximum atomic E-state index is 13.0. The second kappa shape index (κ2) is 7.24. The molecule has 2 amide bonds. The van der Waals surface area contributed by atoms with Crippen LogP contribution in [0.2, 0.25) is 5.02 Å². The fourth-order valence-corrected chi connectivity index (χ4v) is 3.85. The monoisotopic (exact) mass is 397 g/mol. The van der Waals surface area contributed by atoms with Crippen molar-refractivity contribution >= 4 is 34.4 Å². The van der Waals surface area contributed by atoms with Crippen LogP contribution in [0.3, 0.4) is 0 Å². The summed E-state index contributed by atoms with van der Waals surface area (Å²) in [5.74, 6) is -0.147. The van der Waals surface area contributed by atoms with E-state index < -0.39 is 0 Å². The summed E-state index contributed by atoms with van der Waals surface area (Å²) in [7, 11) is 0. The minimum Gasteiger partial charge on any atom is -0.339 e. The number of rotatable bonds is 2. The number of aromatic nitrogens is 3. The first-order chi connectivity index (χ1) is 13.5. The number of carbonyl (C=O) groups is 2. The Morgan fingerprint density at radius 2 is 1.68 bits per heavy atom. The van der Waals surface area contributed by atoms with Crippen LogP contribution in [0.5, 0.6) is 0 Å². The van der Waals surface area contributed by atoms with Crippen LogP contribution >= 0.6 is 11.6 Å². The summed E-state index contributed by atoms with van der Waals surface area (Å²) in [6, 6.07) is 9.67. The fraction of sp³-hybridized carbons (Fsp3) is 0.300. The zero-order valence-corrected chi connectivity index (χ0v) is 16.5. The number of benzene rings is 1. The fourth-order valence-electron chi connectivity index (χ4n) is 3.50. The molecule has 0 unspecified atom stereocenters. The van der Waals surface area contributed by atoms with Crippen LogP contribution in [0.25, 0.3) is 16.7 Å². The van der Waals surface area contributed by atoms with Crippen molar-refractivity contribution in [2.75, 3.05) is 26.2 Å². The van der Waals surface area contributed by atoms with E-state index in [2.05, 4.69) is 10.1 Å². The van der Waals surface area contributed by atoms with Crippen LogP contribution in [0.4, 0.5) is 0 Å². The Bertz CT molecular complexity index is 1060. The molecule has 3 heterocycles. The van der Waals surface area contributed by atoms with Crippen LogP contribution in [0.1, 0.15) is 23.0 Å². The Kier molecular flexibility index (Phi) is 4.77. The molecule has 1 fully saturated rings. The predicted molar refractivity (Wildman–Crippen MR) is 107 cm³/mol. The van der Waals surface area contributed by atoms with Crippen molar-refractivity contribution < 1.29 is 9.59 Å². The van der Waals surface area contributed by atoms with E-state index in [1.165, 1.54) is 6.20 Å². The summed E-state index contributed by atoms with van der Waals surface area (Å²) < 4.78 is 1.73. The Hall–Kier alpha value is -2.93. The summed E-state index contributed by atoms with van der Waals surface area (Å²) in [5.41, 5.74) is 2.57. The van der Waals surface area contributed by atoms with E-state index in [4.69, 9.17) is 11.6 Å². The molecule has 7 nitrogen and oxygen atoms in total. The minimum absolute atomic E-state index is 0.0252. The van der Waals surface area contributed by atoms with Gasteiger partial charge in [-0.2, -0.15) is 5.10 Å². The van der Waals surface area contributed by atoms with Gasteiger partial charge < -0.3 is 9.80 Å². The highest BCUT2D eigenvalue weighted by Crippen LogP contribution is 2.30. The van der Waals surface area contributed by atoms with Crippen molar-refractivity contribution in [2.24, 2.45) is 0 Å². The standard InChI is InChI=1S/C20H20ClN5O2/c1-13-17-18(21)16(20(28)25-10-8-24(9-11-25)14(2)27)12-22-19(17)26(23-13)15-6-4-3-5-7-15/h3-7,12H,8-11H2,1-2H3. The third-order valence-electron chi connectivity index (χ3n) is 5.05. The SMILES string of the molecule is CC(=O)N1CCN(C(=O)c2cnc3c(c(C)nn3-c3ccccc3)c2Cl)CC1. The summed E-state index contributed by atoms with van der Waals surface area (Å²) in [6.07, 6.45) is 1.52. The Morgan fingerprint density at radius 3 is 2.32 bits per heavy atom. The molecule has 0 bridgehead atoms. The number of nitrogens with zero attached hydrogens (tertiary/aromatic N) is 5.